The topological polar surface area (TPSA) is 41.6 Å². The van der Waals surface area contributed by atoms with Crippen molar-refractivity contribution in [1.29, 1.82) is 0 Å². The molecule has 0 spiro atoms. The number of ether oxygens (including phenoxy) is 1. The molecule has 1 heterocycles. The van der Waals surface area contributed by atoms with E-state index in [4.69, 9.17) is 4.74 Å². The summed E-state index contributed by atoms with van der Waals surface area (Å²) in [5.41, 5.74) is 2.18. The molecule has 4 heteroatoms. The van der Waals surface area contributed by atoms with Crippen LogP contribution < -0.4 is 10.1 Å². The third-order valence-electron chi connectivity index (χ3n) is 4.52. The van der Waals surface area contributed by atoms with E-state index in [-0.39, 0.29) is 5.91 Å². The zero-order chi connectivity index (χ0) is 16.8. The fraction of sp³-hybridized carbons (Fsp3) is 0.350. The number of hydrogen-bond acceptors (Lipinski definition) is 3. The number of nitrogens with zero attached hydrogens (tertiary/aromatic N) is 1. The van der Waals surface area contributed by atoms with E-state index < -0.39 is 0 Å². The van der Waals surface area contributed by atoms with Crippen LogP contribution in [0.15, 0.2) is 54.6 Å². The van der Waals surface area contributed by atoms with Crippen molar-refractivity contribution in [2.24, 2.45) is 0 Å². The van der Waals surface area contributed by atoms with Crippen LogP contribution in [0.5, 0.6) is 5.75 Å². The standard InChI is InChI=1S/C20H24N2O2/c1-24-19-11-9-18(10-12-19)21-20(23)15-22-13-5-8-17(14-22)16-6-3-2-4-7-16/h2-4,6-7,9-12,17H,5,8,13-15H2,1H3,(H,21,23). The van der Waals surface area contributed by atoms with Crippen LogP contribution in [0.2, 0.25) is 0 Å². The monoisotopic (exact) mass is 324 g/mol. The van der Waals surface area contributed by atoms with Crippen molar-refractivity contribution < 1.29 is 9.53 Å². The van der Waals surface area contributed by atoms with Gasteiger partial charge in [0.05, 0.1) is 13.7 Å². The Balaban J connectivity index is 1.53. The van der Waals surface area contributed by atoms with Crippen molar-refractivity contribution in [3.8, 4) is 5.75 Å². The van der Waals surface area contributed by atoms with Gasteiger partial charge in [-0.2, -0.15) is 0 Å². The van der Waals surface area contributed by atoms with E-state index in [0.29, 0.717) is 12.5 Å². The lowest BCUT2D eigenvalue weighted by Crippen LogP contribution is -2.39. The minimum Gasteiger partial charge on any atom is -0.497 e. The number of rotatable bonds is 5. The summed E-state index contributed by atoms with van der Waals surface area (Å²) in [4.78, 5) is 14.5. The molecule has 3 rings (SSSR count). The maximum Gasteiger partial charge on any atom is 0.238 e. The van der Waals surface area contributed by atoms with Gasteiger partial charge in [-0.15, -0.1) is 0 Å². The molecule has 24 heavy (non-hydrogen) atoms. The predicted molar refractivity (Wildman–Crippen MR) is 96.5 cm³/mol. The number of hydrogen-bond donors (Lipinski definition) is 1. The highest BCUT2D eigenvalue weighted by Crippen LogP contribution is 2.26. The number of amides is 1. The van der Waals surface area contributed by atoms with Gasteiger partial charge in [0.25, 0.3) is 0 Å². The Kier molecular flexibility index (Phi) is 5.49. The van der Waals surface area contributed by atoms with Crippen molar-refractivity contribution in [2.75, 3.05) is 32.1 Å². The average molecular weight is 324 g/mol. The second-order valence-electron chi connectivity index (χ2n) is 6.26. The first-order chi connectivity index (χ1) is 11.7. The molecule has 1 amide bonds. The van der Waals surface area contributed by atoms with Crippen molar-refractivity contribution in [1.82, 2.24) is 4.90 Å². The first-order valence-electron chi connectivity index (χ1n) is 8.46. The Morgan fingerprint density at radius 3 is 2.62 bits per heavy atom. The predicted octanol–water partition coefficient (Wildman–Crippen LogP) is 3.51. The van der Waals surface area contributed by atoms with Gasteiger partial charge in [-0.1, -0.05) is 30.3 Å². The summed E-state index contributed by atoms with van der Waals surface area (Å²) >= 11 is 0. The van der Waals surface area contributed by atoms with E-state index in [2.05, 4.69) is 34.5 Å². The molecule has 0 radical (unpaired) electrons. The Bertz CT molecular complexity index is 655. The molecule has 1 saturated heterocycles. The lowest BCUT2D eigenvalue weighted by Gasteiger charge is -2.32. The van der Waals surface area contributed by atoms with E-state index in [1.807, 2.05) is 30.3 Å². The fourth-order valence-electron chi connectivity index (χ4n) is 3.27. The van der Waals surface area contributed by atoms with Gasteiger partial charge in [-0.25, -0.2) is 0 Å². The second kappa shape index (κ2) is 7.97. The molecule has 1 aliphatic rings. The van der Waals surface area contributed by atoms with Gasteiger partial charge in [-0.3, -0.25) is 9.69 Å². The summed E-state index contributed by atoms with van der Waals surface area (Å²) in [5.74, 6) is 1.34. The van der Waals surface area contributed by atoms with Crippen LogP contribution in [0.4, 0.5) is 5.69 Å². The third-order valence-corrected chi connectivity index (χ3v) is 4.52. The summed E-state index contributed by atoms with van der Waals surface area (Å²) < 4.78 is 5.13. The summed E-state index contributed by atoms with van der Waals surface area (Å²) in [7, 11) is 1.63. The van der Waals surface area contributed by atoms with Crippen molar-refractivity contribution in [3.05, 3.63) is 60.2 Å². The molecule has 1 fully saturated rings. The number of benzene rings is 2. The Morgan fingerprint density at radius 2 is 1.92 bits per heavy atom. The van der Waals surface area contributed by atoms with Crippen LogP contribution in [0, 0.1) is 0 Å². The van der Waals surface area contributed by atoms with Gasteiger partial charge < -0.3 is 10.1 Å². The van der Waals surface area contributed by atoms with Crippen molar-refractivity contribution in [2.45, 2.75) is 18.8 Å². The summed E-state index contributed by atoms with van der Waals surface area (Å²) in [6.45, 7) is 2.37. The van der Waals surface area contributed by atoms with Crippen molar-refractivity contribution in [3.63, 3.8) is 0 Å². The van der Waals surface area contributed by atoms with Crippen LogP contribution in [0.25, 0.3) is 0 Å². The van der Waals surface area contributed by atoms with Gasteiger partial charge in [-0.05, 0) is 55.1 Å². The Labute approximate surface area is 143 Å². The van der Waals surface area contributed by atoms with Crippen LogP contribution in [0.3, 0.4) is 0 Å². The Hall–Kier alpha value is -2.33. The molecule has 2 aromatic carbocycles. The first kappa shape index (κ1) is 16.5. The average Bonchev–Trinajstić information content (AvgIpc) is 2.63. The molecule has 0 aliphatic carbocycles. The quantitative estimate of drug-likeness (QED) is 0.915. The van der Waals surface area contributed by atoms with E-state index >= 15 is 0 Å². The van der Waals surface area contributed by atoms with E-state index in [0.717, 1.165) is 30.9 Å². The number of nitrogens with one attached hydrogen (secondary N) is 1. The SMILES string of the molecule is COc1ccc(NC(=O)CN2CCCC(c3ccccc3)C2)cc1. The van der Waals surface area contributed by atoms with Crippen LogP contribution in [-0.4, -0.2) is 37.6 Å². The molecular formula is C20H24N2O2. The molecule has 1 atom stereocenters. The van der Waals surface area contributed by atoms with E-state index in [1.54, 1.807) is 7.11 Å². The normalized spacial score (nSPS) is 18.1. The molecule has 0 aromatic heterocycles. The zero-order valence-corrected chi connectivity index (χ0v) is 14.1. The molecule has 0 saturated carbocycles. The fourth-order valence-corrected chi connectivity index (χ4v) is 3.27. The minimum absolute atomic E-state index is 0.0360. The number of anilines is 1. The largest absolute Gasteiger partial charge is 0.497 e. The third kappa shape index (κ3) is 4.36. The van der Waals surface area contributed by atoms with E-state index in [9.17, 15) is 4.79 Å². The molecule has 4 nitrogen and oxygen atoms in total. The van der Waals surface area contributed by atoms with Gasteiger partial charge in [0.2, 0.25) is 5.91 Å². The van der Waals surface area contributed by atoms with Crippen LogP contribution in [0.1, 0.15) is 24.3 Å². The number of piperidine rings is 1. The number of carbonyl (C=O) groups is 1. The van der Waals surface area contributed by atoms with Gasteiger partial charge >= 0.3 is 0 Å². The highest BCUT2D eigenvalue weighted by molar-refractivity contribution is 5.92. The zero-order valence-electron chi connectivity index (χ0n) is 14.1. The summed E-state index contributed by atoms with van der Waals surface area (Å²) in [6, 6.07) is 18.0. The van der Waals surface area contributed by atoms with Gasteiger partial charge in [0.15, 0.2) is 0 Å². The number of carbonyl (C=O) groups excluding carboxylic acids is 1. The second-order valence-corrected chi connectivity index (χ2v) is 6.26. The molecule has 1 N–H and O–H groups in total. The molecular weight excluding hydrogens is 300 g/mol. The summed E-state index contributed by atoms with van der Waals surface area (Å²) in [5, 5.41) is 2.96. The molecule has 1 aliphatic heterocycles. The lowest BCUT2D eigenvalue weighted by molar-refractivity contribution is -0.117. The number of methoxy groups -OCH3 is 1. The molecule has 126 valence electrons. The molecule has 1 unspecified atom stereocenters. The smallest absolute Gasteiger partial charge is 0.238 e. The summed E-state index contributed by atoms with van der Waals surface area (Å²) in [6.07, 6.45) is 2.33. The van der Waals surface area contributed by atoms with Crippen LogP contribution >= 0.6 is 0 Å². The van der Waals surface area contributed by atoms with Crippen LogP contribution in [-0.2, 0) is 4.79 Å². The maximum absolute atomic E-state index is 12.3. The van der Waals surface area contributed by atoms with Crippen molar-refractivity contribution >= 4 is 11.6 Å². The van der Waals surface area contributed by atoms with Gasteiger partial charge in [0.1, 0.15) is 5.75 Å². The first-order valence-corrected chi connectivity index (χ1v) is 8.46. The highest BCUT2D eigenvalue weighted by atomic mass is 16.5. The minimum atomic E-state index is 0.0360. The maximum atomic E-state index is 12.3. The highest BCUT2D eigenvalue weighted by Gasteiger charge is 2.22. The van der Waals surface area contributed by atoms with Gasteiger partial charge in [0, 0.05) is 12.2 Å². The lowest BCUT2D eigenvalue weighted by atomic mass is 9.91. The molecule has 2 aromatic rings. The number of likely N-dealkylation sites (tertiary alicyclic amines) is 1. The Morgan fingerprint density at radius 1 is 1.17 bits per heavy atom. The van der Waals surface area contributed by atoms with E-state index in [1.165, 1.54) is 12.0 Å². The molecule has 0 bridgehead atoms.